The molecule has 0 aliphatic carbocycles. The van der Waals surface area contributed by atoms with E-state index in [9.17, 15) is 4.55 Å². The Kier molecular flexibility index (Phi) is 2.99. The molecule has 0 fully saturated rings. The van der Waals surface area contributed by atoms with E-state index in [4.69, 9.17) is 5.73 Å². The second-order valence-corrected chi connectivity index (χ2v) is 5.58. The first-order valence-corrected chi connectivity index (χ1v) is 4.19. The Morgan fingerprint density at radius 1 is 1.44 bits per heavy atom. The molecule has 1 N–H and O–H groups in total. The van der Waals surface area contributed by atoms with Crippen LogP contribution in [0.2, 0.25) is 0 Å². The Balaban J connectivity index is 3.88. The van der Waals surface area contributed by atoms with Crippen LogP contribution in [0, 0.1) is 0 Å². The van der Waals surface area contributed by atoms with Gasteiger partial charge in [-0.2, -0.15) is 0 Å². The van der Waals surface area contributed by atoms with E-state index < -0.39 is 16.5 Å². The highest BCUT2D eigenvalue weighted by molar-refractivity contribution is 7.93. The largest absolute Gasteiger partial charge is 0.615 e. The van der Waals surface area contributed by atoms with Gasteiger partial charge in [0, 0.05) is 0 Å². The van der Waals surface area contributed by atoms with Gasteiger partial charge in [0.15, 0.2) is 5.37 Å². The summed E-state index contributed by atoms with van der Waals surface area (Å²) < 4.78 is 10.9. The first-order valence-electron chi connectivity index (χ1n) is 2.97. The van der Waals surface area contributed by atoms with Gasteiger partial charge in [0.2, 0.25) is 0 Å². The number of hydrogen-bond acceptors (Lipinski definition) is 1. The molecule has 0 rings (SSSR count). The Hall–Kier alpha value is 0.270. The molecule has 0 bridgehead atoms. The summed E-state index contributed by atoms with van der Waals surface area (Å²) >= 11 is -1.02. The van der Waals surface area contributed by atoms with Crippen molar-refractivity contribution in [2.45, 2.75) is 37.8 Å². The molecule has 0 aromatic carbocycles. The molecule has 2 atom stereocenters. The lowest BCUT2D eigenvalue weighted by atomic mass is 10.3. The fourth-order valence-corrected chi connectivity index (χ4v) is 1.59. The average molecular weight is 148 g/mol. The Morgan fingerprint density at radius 3 is 1.78 bits per heavy atom. The zero-order valence-corrected chi connectivity index (χ0v) is 7.21. The van der Waals surface area contributed by atoms with Gasteiger partial charge in [-0.3, -0.25) is 0 Å². The van der Waals surface area contributed by atoms with E-state index in [1.54, 1.807) is 6.92 Å². The van der Waals surface area contributed by atoms with Crippen molar-refractivity contribution in [2.24, 2.45) is 0 Å². The van der Waals surface area contributed by atoms with E-state index >= 15 is 0 Å². The van der Waals surface area contributed by atoms with Gasteiger partial charge >= 0.3 is 0 Å². The van der Waals surface area contributed by atoms with Crippen LogP contribution in [0.5, 0.6) is 0 Å². The minimum Gasteiger partial charge on any atom is -0.615 e. The molecular formula is C6H14NOS. The van der Waals surface area contributed by atoms with E-state index in [-0.39, 0.29) is 4.75 Å². The summed E-state index contributed by atoms with van der Waals surface area (Å²) in [6, 6.07) is 0. The molecule has 0 aliphatic heterocycles. The van der Waals surface area contributed by atoms with Gasteiger partial charge in [0.25, 0.3) is 0 Å². The maximum Gasteiger partial charge on any atom is 0.177 e. The van der Waals surface area contributed by atoms with Crippen LogP contribution in [0.1, 0.15) is 27.7 Å². The van der Waals surface area contributed by atoms with Crippen molar-refractivity contribution in [1.29, 1.82) is 0 Å². The monoisotopic (exact) mass is 148 g/mol. The van der Waals surface area contributed by atoms with Crippen LogP contribution in [0.25, 0.3) is 0 Å². The van der Waals surface area contributed by atoms with Crippen molar-refractivity contribution in [3.8, 4) is 0 Å². The van der Waals surface area contributed by atoms with E-state index in [1.807, 2.05) is 20.8 Å². The minimum atomic E-state index is -1.02. The number of rotatable bonds is 1. The van der Waals surface area contributed by atoms with Crippen LogP contribution in [0.3, 0.4) is 0 Å². The molecule has 0 spiro atoms. The Labute approximate surface area is 60.0 Å². The van der Waals surface area contributed by atoms with Crippen molar-refractivity contribution in [3.63, 3.8) is 0 Å². The SMILES string of the molecule is CC([NH])[S+]([O-])C(C)(C)C. The third kappa shape index (κ3) is 3.08. The summed E-state index contributed by atoms with van der Waals surface area (Å²) in [4.78, 5) is 0. The molecule has 0 amide bonds. The van der Waals surface area contributed by atoms with Gasteiger partial charge in [-0.25, -0.2) is 5.73 Å². The Morgan fingerprint density at radius 2 is 1.78 bits per heavy atom. The fourth-order valence-electron chi connectivity index (χ4n) is 0.530. The molecule has 0 saturated heterocycles. The zero-order valence-electron chi connectivity index (χ0n) is 6.39. The van der Waals surface area contributed by atoms with Crippen molar-refractivity contribution < 1.29 is 4.55 Å². The van der Waals surface area contributed by atoms with Gasteiger partial charge in [-0.1, -0.05) is 0 Å². The maximum absolute atomic E-state index is 11.1. The molecule has 2 unspecified atom stereocenters. The molecule has 0 aromatic rings. The number of hydrogen-bond donors (Lipinski definition) is 0. The smallest absolute Gasteiger partial charge is 0.177 e. The van der Waals surface area contributed by atoms with Crippen molar-refractivity contribution in [3.05, 3.63) is 0 Å². The first kappa shape index (κ1) is 9.27. The van der Waals surface area contributed by atoms with Crippen molar-refractivity contribution in [1.82, 2.24) is 5.73 Å². The standard InChI is InChI=1S/C6H14NOS/c1-5(7)9(8)6(2,3)4/h5,7H,1-4H3. The topological polar surface area (TPSA) is 46.9 Å². The highest BCUT2D eigenvalue weighted by atomic mass is 32.2. The lowest BCUT2D eigenvalue weighted by molar-refractivity contribution is 0.546. The zero-order chi connectivity index (χ0) is 7.65. The first-order chi connectivity index (χ1) is 3.85. The molecule has 0 heterocycles. The predicted octanol–water partition coefficient (Wildman–Crippen LogP) is 1.16. The van der Waals surface area contributed by atoms with Crippen LogP contribution in [0.4, 0.5) is 0 Å². The lowest BCUT2D eigenvalue weighted by Crippen LogP contribution is -2.36. The highest BCUT2D eigenvalue weighted by Gasteiger charge is 2.28. The normalized spacial score (nSPS) is 19.3. The lowest BCUT2D eigenvalue weighted by Gasteiger charge is -2.26. The minimum absolute atomic E-state index is 0.235. The molecule has 0 aromatic heterocycles. The molecule has 0 saturated carbocycles. The molecular weight excluding hydrogens is 134 g/mol. The van der Waals surface area contributed by atoms with E-state index in [1.165, 1.54) is 0 Å². The third-order valence-electron chi connectivity index (χ3n) is 0.925. The molecule has 55 valence electrons. The van der Waals surface area contributed by atoms with Crippen LogP contribution in [-0.2, 0) is 11.2 Å². The van der Waals surface area contributed by atoms with Gasteiger partial charge in [-0.05, 0) is 38.9 Å². The van der Waals surface area contributed by atoms with Gasteiger partial charge in [0.05, 0.1) is 0 Å². The molecule has 2 nitrogen and oxygen atoms in total. The van der Waals surface area contributed by atoms with E-state index in [0.717, 1.165) is 0 Å². The van der Waals surface area contributed by atoms with Crippen LogP contribution < -0.4 is 5.73 Å². The predicted molar refractivity (Wildman–Crippen MR) is 40.5 cm³/mol. The van der Waals surface area contributed by atoms with Crippen molar-refractivity contribution >= 4 is 11.2 Å². The molecule has 0 aliphatic rings. The fraction of sp³-hybridized carbons (Fsp3) is 1.00. The van der Waals surface area contributed by atoms with Gasteiger partial charge in [0.1, 0.15) is 4.75 Å². The average Bonchev–Trinajstić information content (AvgIpc) is 1.62. The maximum atomic E-state index is 11.1. The highest BCUT2D eigenvalue weighted by Crippen LogP contribution is 2.18. The van der Waals surface area contributed by atoms with Crippen molar-refractivity contribution in [2.75, 3.05) is 0 Å². The summed E-state index contributed by atoms with van der Waals surface area (Å²) in [5.41, 5.74) is 7.14. The van der Waals surface area contributed by atoms with Crippen LogP contribution in [0.15, 0.2) is 0 Å². The Bertz CT molecular complexity index is 87.5. The molecule has 1 radical (unpaired) electrons. The molecule has 9 heavy (non-hydrogen) atoms. The molecule has 3 heteroatoms. The van der Waals surface area contributed by atoms with Crippen LogP contribution in [-0.4, -0.2) is 14.7 Å². The van der Waals surface area contributed by atoms with Crippen LogP contribution >= 0.6 is 0 Å². The summed E-state index contributed by atoms with van der Waals surface area (Å²) in [5.74, 6) is 0. The van der Waals surface area contributed by atoms with E-state index in [2.05, 4.69) is 0 Å². The van der Waals surface area contributed by atoms with Gasteiger partial charge < -0.3 is 4.55 Å². The summed E-state index contributed by atoms with van der Waals surface area (Å²) in [5, 5.41) is -0.468. The second kappa shape index (κ2) is 2.90. The quantitative estimate of drug-likeness (QED) is 0.515. The van der Waals surface area contributed by atoms with E-state index in [0.29, 0.717) is 0 Å². The summed E-state index contributed by atoms with van der Waals surface area (Å²) in [6.07, 6.45) is 0. The van der Waals surface area contributed by atoms with Gasteiger partial charge in [-0.15, -0.1) is 0 Å². The number of nitrogens with one attached hydrogen (secondary N) is 1. The second-order valence-electron chi connectivity index (χ2n) is 3.05. The summed E-state index contributed by atoms with van der Waals surface area (Å²) in [6.45, 7) is 7.30. The summed E-state index contributed by atoms with van der Waals surface area (Å²) in [7, 11) is 0. The third-order valence-corrected chi connectivity index (χ3v) is 2.77.